The van der Waals surface area contributed by atoms with Crippen LogP contribution in [0.1, 0.15) is 38.8 Å². The van der Waals surface area contributed by atoms with Crippen LogP contribution < -0.4 is 10.2 Å². The van der Waals surface area contributed by atoms with E-state index in [1.54, 1.807) is 0 Å². The Bertz CT molecular complexity index is 608. The number of aromatic nitrogens is 1. The molecule has 2 heterocycles. The lowest BCUT2D eigenvalue weighted by Gasteiger charge is -2.35. The Labute approximate surface area is 127 Å². The van der Waals surface area contributed by atoms with Gasteiger partial charge in [0.15, 0.2) is 0 Å². The maximum atomic E-state index is 4.98. The first-order valence-electron chi connectivity index (χ1n) is 8.15. The van der Waals surface area contributed by atoms with E-state index in [0.29, 0.717) is 6.04 Å². The summed E-state index contributed by atoms with van der Waals surface area (Å²) in [6.45, 7) is 7.41. The highest BCUT2D eigenvalue weighted by molar-refractivity contribution is 5.92. The van der Waals surface area contributed by atoms with Crippen molar-refractivity contribution in [3.8, 4) is 0 Å². The molecule has 1 aliphatic heterocycles. The standard InChI is InChI=1S/C18H25N3/c1-3-19-13-16-12-15-9-4-5-10-17(15)18(20-16)21-11-7-6-8-14(21)2/h4-5,9-10,12,14,19H,3,6-8,11,13H2,1-2H3. The number of hydrogen-bond acceptors (Lipinski definition) is 3. The molecule has 0 radical (unpaired) electrons. The number of anilines is 1. The first kappa shape index (κ1) is 14.3. The molecule has 0 spiro atoms. The van der Waals surface area contributed by atoms with Gasteiger partial charge in [0.1, 0.15) is 5.82 Å². The fourth-order valence-corrected chi connectivity index (χ4v) is 3.21. The molecule has 1 aromatic carbocycles. The van der Waals surface area contributed by atoms with Gasteiger partial charge >= 0.3 is 0 Å². The van der Waals surface area contributed by atoms with Crippen LogP contribution in [-0.4, -0.2) is 24.1 Å². The summed E-state index contributed by atoms with van der Waals surface area (Å²) >= 11 is 0. The van der Waals surface area contributed by atoms with Crippen LogP contribution in [0.25, 0.3) is 10.8 Å². The zero-order valence-electron chi connectivity index (χ0n) is 13.1. The highest BCUT2D eigenvalue weighted by Gasteiger charge is 2.21. The van der Waals surface area contributed by atoms with Gasteiger partial charge in [0, 0.05) is 24.5 Å². The van der Waals surface area contributed by atoms with Crippen LogP contribution in [0.3, 0.4) is 0 Å². The molecule has 1 N–H and O–H groups in total. The molecule has 1 aromatic heterocycles. The van der Waals surface area contributed by atoms with E-state index in [4.69, 9.17) is 4.98 Å². The number of nitrogens with zero attached hydrogens (tertiary/aromatic N) is 2. The number of hydrogen-bond donors (Lipinski definition) is 1. The van der Waals surface area contributed by atoms with E-state index in [-0.39, 0.29) is 0 Å². The van der Waals surface area contributed by atoms with Crippen molar-refractivity contribution in [1.29, 1.82) is 0 Å². The average Bonchev–Trinajstić information content (AvgIpc) is 2.52. The quantitative estimate of drug-likeness (QED) is 0.927. The van der Waals surface area contributed by atoms with E-state index in [0.717, 1.165) is 25.3 Å². The smallest absolute Gasteiger partial charge is 0.137 e. The number of piperidine rings is 1. The van der Waals surface area contributed by atoms with Crippen LogP contribution in [0, 0.1) is 0 Å². The average molecular weight is 283 g/mol. The molecule has 1 aliphatic rings. The van der Waals surface area contributed by atoms with Gasteiger partial charge in [0.2, 0.25) is 0 Å². The predicted octanol–water partition coefficient (Wildman–Crippen LogP) is 3.72. The third-order valence-electron chi connectivity index (χ3n) is 4.40. The maximum absolute atomic E-state index is 4.98. The van der Waals surface area contributed by atoms with E-state index >= 15 is 0 Å². The SMILES string of the molecule is CCNCc1cc2ccccc2c(N2CCCCC2C)n1. The van der Waals surface area contributed by atoms with Crippen molar-refractivity contribution in [2.45, 2.75) is 45.7 Å². The van der Waals surface area contributed by atoms with Gasteiger partial charge in [0.25, 0.3) is 0 Å². The number of fused-ring (bicyclic) bond motifs is 1. The predicted molar refractivity (Wildman–Crippen MR) is 89.8 cm³/mol. The first-order chi connectivity index (χ1) is 10.3. The Balaban J connectivity index is 2.05. The molecule has 0 bridgehead atoms. The topological polar surface area (TPSA) is 28.2 Å². The number of benzene rings is 1. The third kappa shape index (κ3) is 3.03. The van der Waals surface area contributed by atoms with Crippen LogP contribution in [0.15, 0.2) is 30.3 Å². The highest BCUT2D eigenvalue weighted by atomic mass is 15.2. The van der Waals surface area contributed by atoms with E-state index in [2.05, 4.69) is 54.4 Å². The number of nitrogens with one attached hydrogen (secondary N) is 1. The van der Waals surface area contributed by atoms with E-state index in [9.17, 15) is 0 Å². The summed E-state index contributed by atoms with van der Waals surface area (Å²) in [6.07, 6.45) is 3.89. The Morgan fingerprint density at radius 3 is 2.95 bits per heavy atom. The minimum Gasteiger partial charge on any atom is -0.353 e. The number of rotatable bonds is 4. The normalized spacial score (nSPS) is 19.1. The Kier molecular flexibility index (Phi) is 4.39. The van der Waals surface area contributed by atoms with Gasteiger partial charge in [-0.3, -0.25) is 0 Å². The van der Waals surface area contributed by atoms with Gasteiger partial charge in [0.05, 0.1) is 5.69 Å². The molecule has 1 unspecified atom stereocenters. The van der Waals surface area contributed by atoms with Crippen LogP contribution in [0.4, 0.5) is 5.82 Å². The van der Waals surface area contributed by atoms with E-state index in [1.807, 2.05) is 0 Å². The minimum absolute atomic E-state index is 0.587. The summed E-state index contributed by atoms with van der Waals surface area (Å²) in [5.74, 6) is 1.17. The van der Waals surface area contributed by atoms with Gasteiger partial charge in [-0.1, -0.05) is 31.2 Å². The van der Waals surface area contributed by atoms with Gasteiger partial charge in [-0.25, -0.2) is 4.98 Å². The van der Waals surface area contributed by atoms with Gasteiger partial charge in [-0.05, 0) is 44.2 Å². The molecule has 0 aliphatic carbocycles. The summed E-state index contributed by atoms with van der Waals surface area (Å²) in [7, 11) is 0. The lowest BCUT2D eigenvalue weighted by atomic mass is 10.0. The zero-order valence-corrected chi connectivity index (χ0v) is 13.1. The fraction of sp³-hybridized carbons (Fsp3) is 0.500. The van der Waals surface area contributed by atoms with Gasteiger partial charge in [-0.2, -0.15) is 0 Å². The summed E-state index contributed by atoms with van der Waals surface area (Å²) in [6, 6.07) is 11.4. The second-order valence-corrected chi connectivity index (χ2v) is 5.98. The van der Waals surface area contributed by atoms with E-state index in [1.165, 1.54) is 35.9 Å². The fourth-order valence-electron chi connectivity index (χ4n) is 3.21. The molecule has 1 atom stereocenters. The molecule has 1 fully saturated rings. The van der Waals surface area contributed by atoms with Crippen LogP contribution >= 0.6 is 0 Å². The largest absolute Gasteiger partial charge is 0.353 e. The van der Waals surface area contributed by atoms with Crippen LogP contribution in [-0.2, 0) is 6.54 Å². The lowest BCUT2D eigenvalue weighted by Crippen LogP contribution is -2.38. The van der Waals surface area contributed by atoms with Crippen molar-refractivity contribution in [3.63, 3.8) is 0 Å². The summed E-state index contributed by atoms with van der Waals surface area (Å²) < 4.78 is 0. The summed E-state index contributed by atoms with van der Waals surface area (Å²) in [4.78, 5) is 7.48. The molecule has 21 heavy (non-hydrogen) atoms. The summed E-state index contributed by atoms with van der Waals surface area (Å²) in [5.41, 5.74) is 1.14. The Hall–Kier alpha value is -1.61. The molecule has 0 saturated carbocycles. The Morgan fingerprint density at radius 1 is 1.29 bits per heavy atom. The monoisotopic (exact) mass is 283 g/mol. The van der Waals surface area contributed by atoms with Crippen molar-refractivity contribution in [1.82, 2.24) is 10.3 Å². The molecule has 3 nitrogen and oxygen atoms in total. The molecule has 1 saturated heterocycles. The second-order valence-electron chi connectivity index (χ2n) is 5.98. The van der Waals surface area contributed by atoms with Crippen molar-refractivity contribution >= 4 is 16.6 Å². The molecule has 3 heteroatoms. The molecular formula is C18H25N3. The molecule has 112 valence electrons. The Morgan fingerprint density at radius 2 is 2.14 bits per heavy atom. The van der Waals surface area contributed by atoms with E-state index < -0.39 is 0 Å². The van der Waals surface area contributed by atoms with Gasteiger partial charge < -0.3 is 10.2 Å². The molecule has 0 amide bonds. The van der Waals surface area contributed by atoms with Gasteiger partial charge in [-0.15, -0.1) is 0 Å². The van der Waals surface area contributed by atoms with Crippen molar-refractivity contribution < 1.29 is 0 Å². The molecule has 2 aromatic rings. The van der Waals surface area contributed by atoms with Crippen molar-refractivity contribution in [2.75, 3.05) is 18.0 Å². The minimum atomic E-state index is 0.587. The third-order valence-corrected chi connectivity index (χ3v) is 4.40. The van der Waals surface area contributed by atoms with Crippen molar-refractivity contribution in [3.05, 3.63) is 36.0 Å². The molecule has 3 rings (SSSR count). The highest BCUT2D eigenvalue weighted by Crippen LogP contribution is 2.30. The first-order valence-corrected chi connectivity index (χ1v) is 8.15. The maximum Gasteiger partial charge on any atom is 0.137 e. The van der Waals surface area contributed by atoms with Crippen LogP contribution in [0.5, 0.6) is 0 Å². The van der Waals surface area contributed by atoms with Crippen molar-refractivity contribution in [2.24, 2.45) is 0 Å². The lowest BCUT2D eigenvalue weighted by molar-refractivity contribution is 0.482. The number of pyridine rings is 1. The van der Waals surface area contributed by atoms with Crippen LogP contribution in [0.2, 0.25) is 0 Å². The summed E-state index contributed by atoms with van der Waals surface area (Å²) in [5, 5.41) is 5.97. The zero-order chi connectivity index (χ0) is 14.7. The molecular weight excluding hydrogens is 258 g/mol. The second kappa shape index (κ2) is 6.44.